The molecule has 2 amide bonds. The largest absolute Gasteiger partial charge is 0.493 e. The summed E-state index contributed by atoms with van der Waals surface area (Å²) >= 11 is 0. The summed E-state index contributed by atoms with van der Waals surface area (Å²) in [6, 6.07) is 23.3. The van der Waals surface area contributed by atoms with Crippen molar-refractivity contribution in [2.45, 2.75) is 19.1 Å². The molecule has 188 valence electrons. The number of ether oxygens (including phenoxy) is 2. The summed E-state index contributed by atoms with van der Waals surface area (Å²) in [6.07, 6.45) is 4.35. The average molecular weight is 497 g/mol. The molecule has 0 aliphatic heterocycles. The zero-order chi connectivity index (χ0) is 26.0. The van der Waals surface area contributed by atoms with Crippen LogP contribution < -0.4 is 14.8 Å². The number of nitrogens with one attached hydrogen (secondary N) is 1. The van der Waals surface area contributed by atoms with Gasteiger partial charge >= 0.3 is 0 Å². The number of benzene rings is 3. The Morgan fingerprint density at radius 3 is 2.16 bits per heavy atom. The van der Waals surface area contributed by atoms with Crippen molar-refractivity contribution in [3.8, 4) is 11.5 Å². The fourth-order valence-electron chi connectivity index (χ4n) is 3.99. The molecule has 0 saturated carbocycles. The molecule has 0 aliphatic carbocycles. The van der Waals surface area contributed by atoms with E-state index in [9.17, 15) is 9.59 Å². The maximum Gasteiger partial charge on any atom is 0.275 e. The number of hydrogen-bond donors (Lipinski definition) is 1. The number of amides is 2. The van der Waals surface area contributed by atoms with Gasteiger partial charge in [0.2, 0.25) is 5.91 Å². The van der Waals surface area contributed by atoms with Crippen LogP contribution in [0.5, 0.6) is 11.5 Å². The molecule has 0 radical (unpaired) electrons. The van der Waals surface area contributed by atoms with E-state index in [0.717, 1.165) is 11.1 Å². The van der Waals surface area contributed by atoms with E-state index < -0.39 is 11.9 Å². The molecule has 4 rings (SSSR count). The minimum Gasteiger partial charge on any atom is -0.493 e. The van der Waals surface area contributed by atoms with Gasteiger partial charge in [0.25, 0.3) is 5.91 Å². The number of rotatable bonds is 10. The van der Waals surface area contributed by atoms with Crippen molar-refractivity contribution in [1.29, 1.82) is 0 Å². The second-order valence-corrected chi connectivity index (χ2v) is 8.23. The van der Waals surface area contributed by atoms with Crippen LogP contribution in [0.15, 0.2) is 97.5 Å². The van der Waals surface area contributed by atoms with Crippen LogP contribution in [0.2, 0.25) is 0 Å². The number of methoxy groups -OCH3 is 2. The van der Waals surface area contributed by atoms with Crippen LogP contribution in [0.25, 0.3) is 0 Å². The maximum absolute atomic E-state index is 13.8. The number of nitrogens with zero attached hydrogens (tertiary/aromatic N) is 3. The summed E-state index contributed by atoms with van der Waals surface area (Å²) in [5, 5.41) is 3.00. The van der Waals surface area contributed by atoms with Crippen molar-refractivity contribution in [3.05, 3.63) is 120 Å². The van der Waals surface area contributed by atoms with E-state index in [-0.39, 0.29) is 18.1 Å². The van der Waals surface area contributed by atoms with Crippen LogP contribution >= 0.6 is 0 Å². The highest BCUT2D eigenvalue weighted by atomic mass is 16.5. The fourth-order valence-corrected chi connectivity index (χ4v) is 3.99. The minimum absolute atomic E-state index is 0.139. The first-order chi connectivity index (χ1) is 18.1. The lowest BCUT2D eigenvalue weighted by Crippen LogP contribution is -2.43. The van der Waals surface area contributed by atoms with Gasteiger partial charge < -0.3 is 19.7 Å². The molecular formula is C29H28N4O4. The molecular weight excluding hydrogens is 468 g/mol. The number of carbonyl (C=O) groups excluding carboxylic acids is 2. The van der Waals surface area contributed by atoms with Gasteiger partial charge in [0.05, 0.1) is 20.4 Å². The van der Waals surface area contributed by atoms with Gasteiger partial charge in [0.15, 0.2) is 11.5 Å². The summed E-state index contributed by atoms with van der Waals surface area (Å²) < 4.78 is 10.9. The van der Waals surface area contributed by atoms with E-state index >= 15 is 0 Å². The monoisotopic (exact) mass is 496 g/mol. The molecule has 8 nitrogen and oxygen atoms in total. The van der Waals surface area contributed by atoms with Gasteiger partial charge in [0.1, 0.15) is 11.7 Å². The Hall–Kier alpha value is -4.72. The lowest BCUT2D eigenvalue weighted by Gasteiger charge is -2.31. The molecule has 4 aromatic rings. The van der Waals surface area contributed by atoms with E-state index in [2.05, 4.69) is 15.3 Å². The molecule has 1 aromatic heterocycles. The van der Waals surface area contributed by atoms with Crippen molar-refractivity contribution in [2.24, 2.45) is 0 Å². The smallest absolute Gasteiger partial charge is 0.275 e. The van der Waals surface area contributed by atoms with Crippen LogP contribution in [-0.2, 0) is 17.9 Å². The lowest BCUT2D eigenvalue weighted by atomic mass is 10.0. The molecule has 1 heterocycles. The zero-order valence-corrected chi connectivity index (χ0v) is 20.7. The minimum atomic E-state index is -0.988. The molecule has 0 bridgehead atoms. The second kappa shape index (κ2) is 12.3. The molecule has 1 atom stereocenters. The van der Waals surface area contributed by atoms with Crippen LogP contribution in [0.4, 0.5) is 0 Å². The number of carbonyl (C=O) groups is 2. The molecule has 37 heavy (non-hydrogen) atoms. The molecule has 0 saturated heterocycles. The fraction of sp³-hybridized carbons (Fsp3) is 0.172. The summed E-state index contributed by atoms with van der Waals surface area (Å²) in [5.41, 5.74) is 2.51. The van der Waals surface area contributed by atoms with E-state index in [1.165, 1.54) is 30.6 Å². The third-order valence-electron chi connectivity index (χ3n) is 5.83. The van der Waals surface area contributed by atoms with Crippen molar-refractivity contribution in [1.82, 2.24) is 20.2 Å². The highest BCUT2D eigenvalue weighted by Crippen LogP contribution is 2.33. The third-order valence-corrected chi connectivity index (χ3v) is 5.83. The number of aromatic nitrogens is 2. The Labute approximate surface area is 215 Å². The van der Waals surface area contributed by atoms with Crippen LogP contribution in [-0.4, -0.2) is 40.9 Å². The Morgan fingerprint density at radius 2 is 1.54 bits per heavy atom. The molecule has 8 heteroatoms. The van der Waals surface area contributed by atoms with Gasteiger partial charge in [-0.25, -0.2) is 4.98 Å². The normalized spacial score (nSPS) is 11.3. The van der Waals surface area contributed by atoms with Crippen molar-refractivity contribution >= 4 is 11.8 Å². The maximum atomic E-state index is 13.8. The van der Waals surface area contributed by atoms with Gasteiger partial charge in [-0.2, -0.15) is 0 Å². The van der Waals surface area contributed by atoms with Gasteiger partial charge in [-0.1, -0.05) is 66.7 Å². The van der Waals surface area contributed by atoms with E-state index in [1.54, 1.807) is 25.3 Å². The molecule has 0 fully saturated rings. The molecule has 1 N–H and O–H groups in total. The SMILES string of the molecule is COc1ccc([C@H](C(=O)NCc2ccccc2)N(Cc2ccccc2)C(=O)c2cnccn2)cc1OC. The van der Waals surface area contributed by atoms with E-state index in [4.69, 9.17) is 9.47 Å². The molecule has 0 spiro atoms. The Kier molecular flexibility index (Phi) is 8.44. The Bertz CT molecular complexity index is 1320. The van der Waals surface area contributed by atoms with Gasteiger partial charge in [-0.05, 0) is 28.8 Å². The highest BCUT2D eigenvalue weighted by Gasteiger charge is 2.33. The standard InChI is InChI=1S/C29H28N4O4/c1-36-25-14-13-23(17-26(25)37-2)27(28(34)32-18-21-9-5-3-6-10-21)33(20-22-11-7-4-8-12-22)29(35)24-19-30-15-16-31-24/h3-17,19,27H,18,20H2,1-2H3,(H,32,34)/t27-/m1/s1. The van der Waals surface area contributed by atoms with Crippen molar-refractivity contribution < 1.29 is 19.1 Å². The van der Waals surface area contributed by atoms with Crippen molar-refractivity contribution in [2.75, 3.05) is 14.2 Å². The summed E-state index contributed by atoms with van der Waals surface area (Å²) in [4.78, 5) is 37.4. The predicted molar refractivity (Wildman–Crippen MR) is 139 cm³/mol. The molecule has 0 aliphatic rings. The first-order valence-corrected chi connectivity index (χ1v) is 11.7. The molecule has 3 aromatic carbocycles. The highest BCUT2D eigenvalue weighted by molar-refractivity contribution is 5.96. The van der Waals surface area contributed by atoms with Crippen LogP contribution in [0, 0.1) is 0 Å². The van der Waals surface area contributed by atoms with Crippen LogP contribution in [0.3, 0.4) is 0 Å². The van der Waals surface area contributed by atoms with Crippen LogP contribution in [0.1, 0.15) is 33.2 Å². The molecule has 0 unspecified atom stereocenters. The first-order valence-electron chi connectivity index (χ1n) is 11.7. The van der Waals surface area contributed by atoms with Gasteiger partial charge in [0, 0.05) is 25.5 Å². The van der Waals surface area contributed by atoms with Gasteiger partial charge in [-0.15, -0.1) is 0 Å². The van der Waals surface area contributed by atoms with E-state index in [0.29, 0.717) is 23.6 Å². The number of hydrogen-bond acceptors (Lipinski definition) is 6. The summed E-state index contributed by atoms with van der Waals surface area (Å²) in [6.45, 7) is 0.482. The van der Waals surface area contributed by atoms with Gasteiger partial charge in [-0.3, -0.25) is 14.6 Å². The second-order valence-electron chi connectivity index (χ2n) is 8.23. The third kappa shape index (κ3) is 6.29. The van der Waals surface area contributed by atoms with Crippen molar-refractivity contribution in [3.63, 3.8) is 0 Å². The summed E-state index contributed by atoms with van der Waals surface area (Å²) in [5.74, 6) is 0.202. The quantitative estimate of drug-likeness (QED) is 0.354. The lowest BCUT2D eigenvalue weighted by molar-refractivity contribution is -0.126. The topological polar surface area (TPSA) is 93.7 Å². The Morgan fingerprint density at radius 1 is 0.865 bits per heavy atom. The summed E-state index contributed by atoms with van der Waals surface area (Å²) in [7, 11) is 3.07. The van der Waals surface area contributed by atoms with E-state index in [1.807, 2.05) is 60.7 Å². The Balaban J connectivity index is 1.78. The predicted octanol–water partition coefficient (Wildman–Crippen LogP) is 4.19. The zero-order valence-electron chi connectivity index (χ0n) is 20.7. The first kappa shape index (κ1) is 25.4. The average Bonchev–Trinajstić information content (AvgIpc) is 2.96.